The van der Waals surface area contributed by atoms with Gasteiger partial charge in [-0.3, -0.25) is 4.79 Å². The highest BCUT2D eigenvalue weighted by Crippen LogP contribution is 2.43. The van der Waals surface area contributed by atoms with Crippen molar-refractivity contribution >= 4 is 5.97 Å². The van der Waals surface area contributed by atoms with Gasteiger partial charge in [-0.15, -0.1) is 0 Å². The van der Waals surface area contributed by atoms with Crippen molar-refractivity contribution in [2.45, 2.75) is 45.3 Å². The Hall–Kier alpha value is -3.45. The summed E-state index contributed by atoms with van der Waals surface area (Å²) < 4.78 is 18.9. The average molecular weight is 494 g/mol. The number of ether oxygens (including phenoxy) is 3. The van der Waals surface area contributed by atoms with Gasteiger partial charge in [0, 0.05) is 24.9 Å². The lowest BCUT2D eigenvalue weighted by molar-refractivity contribution is -0.136. The second kappa shape index (κ2) is 11.5. The van der Waals surface area contributed by atoms with Crippen LogP contribution in [0.25, 0.3) is 0 Å². The number of aliphatic carboxylic acids is 1. The molecule has 1 aliphatic carbocycles. The number of hydrogen-bond donors (Lipinski definition) is 2. The number of hydrogen-bond acceptors (Lipinski definition) is 5. The minimum atomic E-state index is -0.860. The standard InChI is InChI=1S/C29H35NO6/c1-4-36-29-25(34-2)15-23(16-26(29)35-3)28(33)24(18-30-10-9-19(17-30)14-27(31)32)13-20-11-21-7-5-6-8-22(21)12-20/h5-10,15-17,20,24,28,33H,4,11-14,18H2,1-3H3,(H,31,32)/t24-,28+/m0/s1. The normalized spacial score (nSPS) is 14.8. The van der Waals surface area contributed by atoms with Crippen molar-refractivity contribution in [2.24, 2.45) is 11.8 Å². The number of aromatic nitrogens is 1. The highest BCUT2D eigenvalue weighted by Gasteiger charge is 2.30. The molecule has 2 aromatic carbocycles. The Balaban J connectivity index is 1.62. The van der Waals surface area contributed by atoms with Crippen molar-refractivity contribution in [3.05, 3.63) is 77.1 Å². The predicted octanol–water partition coefficient (Wildman–Crippen LogP) is 4.69. The topological polar surface area (TPSA) is 90.2 Å². The Bertz CT molecular complexity index is 1140. The zero-order valence-electron chi connectivity index (χ0n) is 21.1. The van der Waals surface area contributed by atoms with Crippen LogP contribution in [0, 0.1) is 11.8 Å². The molecule has 192 valence electrons. The lowest BCUT2D eigenvalue weighted by Gasteiger charge is -2.27. The fourth-order valence-electron chi connectivity index (χ4n) is 5.33. The van der Waals surface area contributed by atoms with Crippen LogP contribution in [0.15, 0.2) is 54.9 Å². The second-order valence-corrected chi connectivity index (χ2v) is 9.46. The number of aliphatic hydroxyl groups excluding tert-OH is 1. The molecular weight excluding hydrogens is 458 g/mol. The smallest absolute Gasteiger partial charge is 0.307 e. The lowest BCUT2D eigenvalue weighted by Crippen LogP contribution is -2.22. The number of methoxy groups -OCH3 is 2. The van der Waals surface area contributed by atoms with E-state index in [1.807, 2.05) is 42.1 Å². The maximum Gasteiger partial charge on any atom is 0.307 e. The molecule has 7 heteroatoms. The number of carboxylic acid groups (broad SMARTS) is 1. The Morgan fingerprint density at radius 2 is 1.72 bits per heavy atom. The first kappa shape index (κ1) is 25.6. The second-order valence-electron chi connectivity index (χ2n) is 9.46. The number of nitrogens with zero attached hydrogens (tertiary/aromatic N) is 1. The maximum atomic E-state index is 11.7. The summed E-state index contributed by atoms with van der Waals surface area (Å²) in [7, 11) is 3.15. The van der Waals surface area contributed by atoms with Crippen LogP contribution in [-0.2, 0) is 30.6 Å². The largest absolute Gasteiger partial charge is 0.493 e. The quantitative estimate of drug-likeness (QED) is 0.381. The van der Waals surface area contributed by atoms with E-state index in [0.717, 1.165) is 24.8 Å². The van der Waals surface area contributed by atoms with Gasteiger partial charge >= 0.3 is 5.97 Å². The lowest BCUT2D eigenvalue weighted by atomic mass is 9.85. The molecule has 1 aromatic heterocycles. The fraction of sp³-hybridized carbons (Fsp3) is 0.414. The van der Waals surface area contributed by atoms with Crippen molar-refractivity contribution in [3.8, 4) is 17.2 Å². The SMILES string of the molecule is CCOc1c(OC)cc([C@@H](O)[C@@H](CC2Cc3ccccc3C2)Cn2ccc(CC(=O)O)c2)cc1OC. The Kier molecular flexibility index (Phi) is 8.21. The molecule has 2 N–H and O–H groups in total. The monoisotopic (exact) mass is 493 g/mol. The van der Waals surface area contributed by atoms with Gasteiger partial charge in [-0.2, -0.15) is 0 Å². The zero-order chi connectivity index (χ0) is 25.7. The molecular formula is C29H35NO6. The minimum Gasteiger partial charge on any atom is -0.493 e. The molecule has 0 radical (unpaired) electrons. The highest BCUT2D eigenvalue weighted by atomic mass is 16.5. The summed E-state index contributed by atoms with van der Waals surface area (Å²) in [5.74, 6) is 1.000. The van der Waals surface area contributed by atoms with E-state index in [4.69, 9.17) is 19.3 Å². The van der Waals surface area contributed by atoms with E-state index in [2.05, 4.69) is 24.3 Å². The van der Waals surface area contributed by atoms with Gasteiger partial charge in [0.05, 0.1) is 33.4 Å². The van der Waals surface area contributed by atoms with E-state index >= 15 is 0 Å². The predicted molar refractivity (Wildman–Crippen MR) is 137 cm³/mol. The van der Waals surface area contributed by atoms with Gasteiger partial charge < -0.3 is 29.0 Å². The Morgan fingerprint density at radius 1 is 1.08 bits per heavy atom. The van der Waals surface area contributed by atoms with E-state index in [0.29, 0.717) is 41.9 Å². The van der Waals surface area contributed by atoms with Crippen molar-refractivity contribution in [1.29, 1.82) is 0 Å². The first-order valence-corrected chi connectivity index (χ1v) is 12.4. The van der Waals surface area contributed by atoms with E-state index in [1.54, 1.807) is 14.2 Å². The van der Waals surface area contributed by atoms with Crippen LogP contribution in [0.2, 0.25) is 0 Å². The summed E-state index contributed by atoms with van der Waals surface area (Å²) in [6.07, 6.45) is 5.75. The van der Waals surface area contributed by atoms with E-state index in [-0.39, 0.29) is 12.3 Å². The van der Waals surface area contributed by atoms with E-state index in [1.165, 1.54) is 11.1 Å². The molecule has 0 fully saturated rings. The van der Waals surface area contributed by atoms with Crippen molar-refractivity contribution < 1.29 is 29.2 Å². The third kappa shape index (κ3) is 5.85. The molecule has 7 nitrogen and oxygen atoms in total. The van der Waals surface area contributed by atoms with Crippen molar-refractivity contribution in [2.75, 3.05) is 20.8 Å². The van der Waals surface area contributed by atoms with Gasteiger partial charge in [-0.1, -0.05) is 24.3 Å². The molecule has 1 heterocycles. The molecule has 0 amide bonds. The Morgan fingerprint density at radius 3 is 2.28 bits per heavy atom. The molecule has 2 atom stereocenters. The molecule has 4 rings (SSSR count). The third-order valence-electron chi connectivity index (χ3n) is 6.94. The van der Waals surface area contributed by atoms with Gasteiger partial charge in [0.15, 0.2) is 11.5 Å². The number of fused-ring (bicyclic) bond motifs is 1. The summed E-state index contributed by atoms with van der Waals surface area (Å²) in [6.45, 7) is 2.92. The van der Waals surface area contributed by atoms with Crippen LogP contribution in [-0.4, -0.2) is 41.6 Å². The molecule has 1 aliphatic rings. The molecule has 0 saturated carbocycles. The number of benzene rings is 2. The number of carbonyl (C=O) groups is 1. The van der Waals surface area contributed by atoms with Crippen molar-refractivity contribution in [1.82, 2.24) is 4.57 Å². The fourth-order valence-corrected chi connectivity index (χ4v) is 5.33. The van der Waals surface area contributed by atoms with Crippen LogP contribution in [0.3, 0.4) is 0 Å². The number of rotatable bonds is 12. The van der Waals surface area contributed by atoms with E-state index in [9.17, 15) is 9.90 Å². The van der Waals surface area contributed by atoms with Gasteiger partial charge in [0.1, 0.15) is 0 Å². The maximum absolute atomic E-state index is 11.7. The van der Waals surface area contributed by atoms with Gasteiger partial charge in [0.25, 0.3) is 0 Å². The summed E-state index contributed by atoms with van der Waals surface area (Å²) in [5.41, 5.74) is 4.20. The summed E-state index contributed by atoms with van der Waals surface area (Å²) in [6, 6.07) is 14.0. The Labute approximate surface area is 212 Å². The summed E-state index contributed by atoms with van der Waals surface area (Å²) >= 11 is 0. The van der Waals surface area contributed by atoms with Crippen LogP contribution in [0.5, 0.6) is 17.2 Å². The molecule has 36 heavy (non-hydrogen) atoms. The molecule has 0 spiro atoms. The van der Waals surface area contributed by atoms with Crippen LogP contribution < -0.4 is 14.2 Å². The van der Waals surface area contributed by atoms with E-state index < -0.39 is 12.1 Å². The third-order valence-corrected chi connectivity index (χ3v) is 6.94. The molecule has 0 aliphatic heterocycles. The van der Waals surface area contributed by atoms with Gasteiger partial charge in [0.2, 0.25) is 5.75 Å². The van der Waals surface area contributed by atoms with Crippen molar-refractivity contribution in [3.63, 3.8) is 0 Å². The van der Waals surface area contributed by atoms with Crippen LogP contribution in [0.4, 0.5) is 0 Å². The highest BCUT2D eigenvalue weighted by molar-refractivity contribution is 5.70. The minimum absolute atomic E-state index is 0.0224. The molecule has 0 unspecified atom stereocenters. The number of aliphatic hydroxyl groups is 1. The molecule has 3 aromatic rings. The summed E-state index contributed by atoms with van der Waals surface area (Å²) in [4.78, 5) is 11.1. The van der Waals surface area contributed by atoms with Crippen LogP contribution in [0.1, 0.15) is 41.7 Å². The molecule has 0 saturated heterocycles. The number of carboxylic acids is 1. The average Bonchev–Trinajstić information content (AvgIpc) is 3.48. The first-order chi connectivity index (χ1) is 17.4. The summed E-state index contributed by atoms with van der Waals surface area (Å²) in [5, 5.41) is 20.8. The van der Waals surface area contributed by atoms with Gasteiger partial charge in [-0.05, 0) is 72.6 Å². The first-order valence-electron chi connectivity index (χ1n) is 12.4. The zero-order valence-corrected chi connectivity index (χ0v) is 21.1. The molecule has 0 bridgehead atoms. The van der Waals surface area contributed by atoms with Gasteiger partial charge in [-0.25, -0.2) is 0 Å². The van der Waals surface area contributed by atoms with Crippen LogP contribution >= 0.6 is 0 Å².